The van der Waals surface area contributed by atoms with Crippen molar-refractivity contribution < 1.29 is 50.1 Å². The topological polar surface area (TPSA) is 120 Å². The monoisotopic (exact) mass is 670 g/mol. The molecule has 0 aromatic heterocycles. The van der Waals surface area contributed by atoms with Gasteiger partial charge in [-0.3, -0.25) is 14.9 Å². The predicted molar refractivity (Wildman–Crippen MR) is 158 cm³/mol. The lowest BCUT2D eigenvalue weighted by molar-refractivity contribution is -0.275. The zero-order chi connectivity index (χ0) is 33.4. The largest absolute Gasteiger partial charge is 0.573 e. The molecular weight excluding hydrogens is 641 g/mol. The minimum Gasteiger partial charge on any atom is -0.497 e. The Balaban J connectivity index is 1.94. The zero-order valence-corrected chi connectivity index (χ0v) is 26.4. The highest BCUT2D eigenvalue weighted by molar-refractivity contribution is 7.93. The molecule has 1 aliphatic rings. The highest BCUT2D eigenvalue weighted by atomic mass is 35.5. The first-order valence-electron chi connectivity index (χ1n) is 13.4. The first-order chi connectivity index (χ1) is 20.9. The fourth-order valence-electron chi connectivity index (χ4n) is 4.96. The van der Waals surface area contributed by atoms with E-state index in [9.17, 15) is 31.2 Å². The summed E-state index contributed by atoms with van der Waals surface area (Å²) in [5, 5.41) is 3.16. The van der Waals surface area contributed by atoms with E-state index in [1.807, 2.05) is 0 Å². The van der Waals surface area contributed by atoms with Gasteiger partial charge in [0.1, 0.15) is 22.0 Å². The van der Waals surface area contributed by atoms with Crippen LogP contribution in [0.3, 0.4) is 0 Å². The van der Waals surface area contributed by atoms with Crippen LogP contribution in [0.1, 0.15) is 38.3 Å². The molecule has 1 N–H and O–H groups in total. The van der Waals surface area contributed by atoms with E-state index in [2.05, 4.69) is 10.1 Å². The molecular formula is C30H30ClF3N2O8S. The van der Waals surface area contributed by atoms with E-state index in [4.69, 9.17) is 25.8 Å². The Hall–Kier alpha value is -4.01. The number of anilines is 1. The van der Waals surface area contributed by atoms with Gasteiger partial charge in [-0.2, -0.15) is 0 Å². The number of amides is 1. The van der Waals surface area contributed by atoms with Crippen molar-refractivity contribution in [2.45, 2.75) is 49.6 Å². The Labute approximate surface area is 263 Å². The normalized spacial score (nSPS) is 16.7. The van der Waals surface area contributed by atoms with Crippen LogP contribution in [0.2, 0.25) is 5.02 Å². The number of benzene rings is 3. The van der Waals surface area contributed by atoms with Crippen LogP contribution in [-0.4, -0.2) is 53.0 Å². The van der Waals surface area contributed by atoms with Gasteiger partial charge < -0.3 is 18.9 Å². The number of alkyl halides is 3. The fourth-order valence-corrected chi connectivity index (χ4v) is 6.69. The molecule has 3 aromatic rings. The quantitative estimate of drug-likeness (QED) is 0.277. The van der Waals surface area contributed by atoms with Crippen LogP contribution >= 0.6 is 11.6 Å². The van der Waals surface area contributed by atoms with Gasteiger partial charge in [-0.15, -0.1) is 13.2 Å². The molecule has 4 rings (SSSR count). The van der Waals surface area contributed by atoms with Crippen molar-refractivity contribution in [2.75, 3.05) is 25.1 Å². The third-order valence-electron chi connectivity index (χ3n) is 6.63. The van der Waals surface area contributed by atoms with Crippen molar-refractivity contribution in [1.29, 1.82) is 0 Å². The SMILES string of the molecule is COc1ccc(S(=O)(=O)N2C(=O)C(NCCC(=O)OC(C)(C)C)(c3ccccc3OC)c3cc(Cl)ccc32)c(OC(F)(F)F)c1. The Morgan fingerprint density at radius 1 is 0.956 bits per heavy atom. The standard InChI is InChI=1S/C30H30ClF3N2O8S/c1-28(2,3)44-26(37)14-15-35-29(20-8-6-7-9-23(20)42-5)21-16-18(31)10-12-22(21)36(27(29)38)45(39,40)25-13-11-19(41-4)17-24(25)43-30(32,33)34/h6-13,16-17,35H,14-15H2,1-5H3. The number of nitrogens with zero attached hydrogens (tertiary/aromatic N) is 1. The molecule has 242 valence electrons. The smallest absolute Gasteiger partial charge is 0.497 e. The summed E-state index contributed by atoms with van der Waals surface area (Å²) >= 11 is 6.36. The lowest BCUT2D eigenvalue weighted by Gasteiger charge is -2.32. The minimum atomic E-state index is -5.28. The number of sulfonamides is 1. The van der Waals surface area contributed by atoms with Crippen molar-refractivity contribution in [3.8, 4) is 17.2 Å². The molecule has 1 heterocycles. The molecule has 1 amide bonds. The number of ether oxygens (including phenoxy) is 4. The molecule has 45 heavy (non-hydrogen) atoms. The van der Waals surface area contributed by atoms with E-state index in [-0.39, 0.29) is 46.3 Å². The average molecular weight is 671 g/mol. The van der Waals surface area contributed by atoms with Gasteiger partial charge in [-0.1, -0.05) is 29.8 Å². The average Bonchev–Trinajstić information content (AvgIpc) is 3.18. The number of fused-ring (bicyclic) bond motifs is 1. The number of carbonyl (C=O) groups excluding carboxylic acids is 2. The van der Waals surface area contributed by atoms with Crippen LogP contribution < -0.4 is 23.8 Å². The van der Waals surface area contributed by atoms with E-state index in [1.54, 1.807) is 39.0 Å². The van der Waals surface area contributed by atoms with Crippen molar-refractivity contribution in [3.63, 3.8) is 0 Å². The summed E-state index contributed by atoms with van der Waals surface area (Å²) in [5.41, 5.74) is -2.83. The summed E-state index contributed by atoms with van der Waals surface area (Å²) in [5.74, 6) is -2.79. The number of hydrogen-bond donors (Lipinski definition) is 1. The van der Waals surface area contributed by atoms with Crippen LogP contribution in [-0.2, 0) is 29.9 Å². The van der Waals surface area contributed by atoms with E-state index < -0.39 is 50.0 Å². The highest BCUT2D eigenvalue weighted by Crippen LogP contribution is 2.50. The molecule has 3 aromatic carbocycles. The number of hydrogen-bond acceptors (Lipinski definition) is 9. The second kappa shape index (κ2) is 12.4. The summed E-state index contributed by atoms with van der Waals surface area (Å²) in [4.78, 5) is 26.3. The number of esters is 1. The Morgan fingerprint density at radius 3 is 2.27 bits per heavy atom. The predicted octanol–water partition coefficient (Wildman–Crippen LogP) is 5.56. The molecule has 0 saturated carbocycles. The molecule has 1 atom stereocenters. The van der Waals surface area contributed by atoms with Gasteiger partial charge in [-0.25, -0.2) is 12.7 Å². The number of halogens is 4. The second-order valence-corrected chi connectivity index (χ2v) is 13.0. The highest BCUT2D eigenvalue weighted by Gasteiger charge is 2.57. The van der Waals surface area contributed by atoms with Gasteiger partial charge in [0.05, 0.1) is 26.3 Å². The van der Waals surface area contributed by atoms with Crippen LogP contribution in [0.15, 0.2) is 65.6 Å². The van der Waals surface area contributed by atoms with Gasteiger partial charge in [0, 0.05) is 28.8 Å². The molecule has 0 spiro atoms. The molecule has 1 unspecified atom stereocenters. The van der Waals surface area contributed by atoms with Crippen molar-refractivity contribution in [1.82, 2.24) is 5.32 Å². The maximum Gasteiger partial charge on any atom is 0.573 e. The van der Waals surface area contributed by atoms with Gasteiger partial charge in [0.15, 0.2) is 11.3 Å². The third-order valence-corrected chi connectivity index (χ3v) is 8.60. The maximum atomic E-state index is 14.7. The molecule has 0 bridgehead atoms. The molecule has 0 fully saturated rings. The van der Waals surface area contributed by atoms with Gasteiger partial charge >= 0.3 is 12.3 Å². The summed E-state index contributed by atoms with van der Waals surface area (Å²) in [7, 11) is -2.60. The van der Waals surface area contributed by atoms with Crippen LogP contribution in [0.4, 0.5) is 18.9 Å². The summed E-state index contributed by atoms with van der Waals surface area (Å²) in [6.07, 6.45) is -5.51. The number of carbonyl (C=O) groups is 2. The second-order valence-electron chi connectivity index (χ2n) is 10.8. The number of rotatable bonds is 10. The van der Waals surface area contributed by atoms with Gasteiger partial charge in [0.2, 0.25) is 0 Å². The van der Waals surface area contributed by atoms with Crippen molar-refractivity contribution in [2.24, 2.45) is 0 Å². The first kappa shape index (κ1) is 33.9. The zero-order valence-electron chi connectivity index (χ0n) is 24.8. The minimum absolute atomic E-state index is 0.0454. The maximum absolute atomic E-state index is 14.7. The van der Waals surface area contributed by atoms with Crippen LogP contribution in [0.25, 0.3) is 0 Å². The van der Waals surface area contributed by atoms with Gasteiger partial charge in [0.25, 0.3) is 15.9 Å². The Bertz CT molecular complexity index is 1730. The fraction of sp³-hybridized carbons (Fsp3) is 0.333. The van der Waals surface area contributed by atoms with Crippen molar-refractivity contribution in [3.05, 3.63) is 76.8 Å². The van der Waals surface area contributed by atoms with Crippen molar-refractivity contribution >= 4 is 39.2 Å². The van der Waals surface area contributed by atoms with E-state index in [1.165, 1.54) is 38.5 Å². The molecule has 1 aliphatic heterocycles. The van der Waals surface area contributed by atoms with E-state index in [0.29, 0.717) is 4.31 Å². The summed E-state index contributed by atoms with van der Waals surface area (Å²) < 4.78 is 89.1. The van der Waals surface area contributed by atoms with Gasteiger partial charge in [-0.05, 0) is 57.2 Å². The number of para-hydroxylation sites is 1. The molecule has 10 nitrogen and oxygen atoms in total. The van der Waals surface area contributed by atoms with E-state index in [0.717, 1.165) is 18.2 Å². The Morgan fingerprint density at radius 2 is 1.64 bits per heavy atom. The first-order valence-corrected chi connectivity index (χ1v) is 15.2. The third kappa shape index (κ3) is 6.82. The summed E-state index contributed by atoms with van der Waals surface area (Å²) in [6.45, 7) is 4.87. The lowest BCUT2D eigenvalue weighted by Crippen LogP contribution is -2.53. The summed E-state index contributed by atoms with van der Waals surface area (Å²) in [6, 6.07) is 12.9. The van der Waals surface area contributed by atoms with Crippen LogP contribution in [0.5, 0.6) is 17.2 Å². The van der Waals surface area contributed by atoms with E-state index >= 15 is 0 Å². The van der Waals surface area contributed by atoms with Crippen LogP contribution in [0, 0.1) is 0 Å². The number of nitrogens with one attached hydrogen (secondary N) is 1. The molecule has 0 aliphatic carbocycles. The molecule has 0 saturated heterocycles. The lowest BCUT2D eigenvalue weighted by atomic mass is 9.83. The number of methoxy groups -OCH3 is 2. The molecule has 0 radical (unpaired) electrons. The molecule has 15 heteroatoms. The Kier molecular flexibility index (Phi) is 9.34.